The van der Waals surface area contributed by atoms with Gasteiger partial charge in [-0.2, -0.15) is 0 Å². The molecule has 2 aromatic rings. The second kappa shape index (κ2) is 9.69. The lowest BCUT2D eigenvalue weighted by molar-refractivity contribution is -0.150. The third-order valence-electron chi connectivity index (χ3n) is 4.91. The van der Waals surface area contributed by atoms with Crippen molar-refractivity contribution in [3.63, 3.8) is 0 Å². The Kier molecular flexibility index (Phi) is 6.70. The number of nitrogen functional groups attached to an aromatic ring is 1. The van der Waals surface area contributed by atoms with Crippen LogP contribution in [0.3, 0.4) is 0 Å². The first-order valence-electron chi connectivity index (χ1n) is 9.72. The van der Waals surface area contributed by atoms with Gasteiger partial charge in [-0.15, -0.1) is 23.1 Å². The summed E-state index contributed by atoms with van der Waals surface area (Å²) in [6, 6.07) is 4.47. The number of aliphatic carboxylic acids is 1. The molecule has 11 nitrogen and oxygen atoms in total. The fourth-order valence-corrected chi connectivity index (χ4v) is 5.30. The van der Waals surface area contributed by atoms with E-state index >= 15 is 0 Å². The predicted octanol–water partition coefficient (Wildman–Crippen LogP) is 1.03. The number of anilines is 1. The van der Waals surface area contributed by atoms with E-state index in [0.29, 0.717) is 5.57 Å². The molecule has 0 radical (unpaired) electrons. The summed E-state index contributed by atoms with van der Waals surface area (Å²) < 4.78 is 18.9. The monoisotopic (exact) mass is 507 g/mol. The Bertz CT molecular complexity index is 1220. The Hall–Kier alpha value is -3.65. The number of carboxylic acid groups (broad SMARTS) is 1. The largest absolute Gasteiger partial charge is 0.489 e. The number of β-lactam (4-membered cyclic amide) rings is 1. The molecular weight excluding hydrogens is 489 g/mol. The Labute approximate surface area is 200 Å². The molecule has 4 rings (SSSR count). The number of aromatic nitrogens is 1. The zero-order valence-corrected chi connectivity index (χ0v) is 19.2. The summed E-state index contributed by atoms with van der Waals surface area (Å²) in [6.07, 6.45) is 0. The number of nitrogens with one attached hydrogen (secondary N) is 1. The second-order valence-electron chi connectivity index (χ2n) is 7.06. The van der Waals surface area contributed by atoms with Gasteiger partial charge in [-0.05, 0) is 12.1 Å². The summed E-state index contributed by atoms with van der Waals surface area (Å²) in [5, 5.41) is 17.1. The molecule has 0 aliphatic carbocycles. The van der Waals surface area contributed by atoms with Crippen molar-refractivity contribution < 1.29 is 33.5 Å². The van der Waals surface area contributed by atoms with Crippen molar-refractivity contribution in [1.29, 1.82) is 0 Å². The Balaban J connectivity index is 1.49. The molecule has 0 spiro atoms. The standard InChI is InChI=1S/C20H18FN5O6S2/c1-31-25-13(12-8-34-20(22)23-12)16(27)24-14-17(28)26-15(19(29)30)9(7-33-18(14)26)6-32-11-4-2-3-10(21)5-11/h2-5,8,14,18H,6-7H2,1H3,(H2,22,23)(H,24,27)(H,29,30)/b25-13-/t14-,18-/m1/s1. The highest BCUT2D eigenvalue weighted by molar-refractivity contribution is 8.00. The molecule has 4 N–H and O–H groups in total. The van der Waals surface area contributed by atoms with Crippen molar-refractivity contribution in [3.05, 3.63) is 52.4 Å². The Morgan fingerprint density at radius 3 is 2.88 bits per heavy atom. The minimum atomic E-state index is -1.30. The van der Waals surface area contributed by atoms with E-state index in [4.69, 9.17) is 15.3 Å². The van der Waals surface area contributed by atoms with E-state index < -0.39 is 35.0 Å². The van der Waals surface area contributed by atoms with Gasteiger partial charge in [0.15, 0.2) is 10.8 Å². The van der Waals surface area contributed by atoms with Gasteiger partial charge in [-0.25, -0.2) is 14.2 Å². The number of fused-ring (bicyclic) bond motifs is 1. The number of carbonyl (C=O) groups is 3. The topological polar surface area (TPSA) is 156 Å². The van der Waals surface area contributed by atoms with Gasteiger partial charge in [-0.1, -0.05) is 11.2 Å². The van der Waals surface area contributed by atoms with Gasteiger partial charge < -0.3 is 25.7 Å². The number of amides is 2. The lowest BCUT2D eigenvalue weighted by Gasteiger charge is -2.49. The smallest absolute Gasteiger partial charge is 0.352 e. The Morgan fingerprint density at radius 2 is 2.24 bits per heavy atom. The van der Waals surface area contributed by atoms with Crippen LogP contribution in [0.2, 0.25) is 0 Å². The highest BCUT2D eigenvalue weighted by Crippen LogP contribution is 2.40. The van der Waals surface area contributed by atoms with Crippen LogP contribution >= 0.6 is 23.1 Å². The van der Waals surface area contributed by atoms with Crippen LogP contribution in [0.4, 0.5) is 9.52 Å². The first kappa shape index (κ1) is 23.5. The quantitative estimate of drug-likeness (QED) is 0.270. The van der Waals surface area contributed by atoms with Crippen LogP contribution in [0.15, 0.2) is 46.1 Å². The maximum absolute atomic E-state index is 13.4. The molecule has 0 bridgehead atoms. The average molecular weight is 508 g/mol. The number of thioether (sulfide) groups is 1. The van der Waals surface area contributed by atoms with E-state index in [1.165, 1.54) is 48.5 Å². The lowest BCUT2D eigenvalue weighted by Crippen LogP contribution is -2.71. The summed E-state index contributed by atoms with van der Waals surface area (Å²) in [6.45, 7) is -0.137. The van der Waals surface area contributed by atoms with E-state index in [2.05, 4.69) is 15.5 Å². The van der Waals surface area contributed by atoms with E-state index in [0.717, 1.165) is 16.2 Å². The third-order valence-corrected chi connectivity index (χ3v) is 6.92. The Morgan fingerprint density at radius 1 is 1.44 bits per heavy atom. The van der Waals surface area contributed by atoms with Crippen LogP contribution in [0.25, 0.3) is 0 Å². The van der Waals surface area contributed by atoms with Gasteiger partial charge in [0.2, 0.25) is 0 Å². The average Bonchev–Trinajstić information content (AvgIpc) is 3.24. The zero-order chi connectivity index (χ0) is 24.4. The number of oxime groups is 1. The predicted molar refractivity (Wildman–Crippen MR) is 122 cm³/mol. The van der Waals surface area contributed by atoms with Crippen molar-refractivity contribution >= 4 is 51.7 Å². The number of hydrogen-bond donors (Lipinski definition) is 3. The van der Waals surface area contributed by atoms with Crippen LogP contribution in [0.1, 0.15) is 5.69 Å². The molecular formula is C20H18FN5O6S2. The van der Waals surface area contributed by atoms with E-state index in [1.54, 1.807) is 0 Å². The van der Waals surface area contributed by atoms with Crippen molar-refractivity contribution in [2.24, 2.45) is 5.16 Å². The number of ether oxygens (including phenoxy) is 1. The summed E-state index contributed by atoms with van der Waals surface area (Å²) >= 11 is 2.38. The maximum Gasteiger partial charge on any atom is 0.352 e. The number of nitrogens with zero attached hydrogens (tertiary/aromatic N) is 3. The summed E-state index contributed by atoms with van der Waals surface area (Å²) in [4.78, 5) is 47.4. The normalized spacial score (nSPS) is 19.9. The summed E-state index contributed by atoms with van der Waals surface area (Å²) in [5.41, 5.74) is 5.77. The molecule has 2 aliphatic rings. The first-order chi connectivity index (χ1) is 16.3. The number of nitrogens with two attached hydrogens (primary N) is 1. The van der Waals surface area contributed by atoms with Crippen LogP contribution in [0.5, 0.6) is 5.75 Å². The molecule has 2 atom stereocenters. The van der Waals surface area contributed by atoms with Gasteiger partial charge in [-0.3, -0.25) is 14.5 Å². The van der Waals surface area contributed by atoms with Crippen LogP contribution < -0.4 is 15.8 Å². The van der Waals surface area contributed by atoms with Gasteiger partial charge in [0.1, 0.15) is 48.1 Å². The second-order valence-corrected chi connectivity index (χ2v) is 9.05. The van der Waals surface area contributed by atoms with Gasteiger partial charge >= 0.3 is 5.97 Å². The van der Waals surface area contributed by atoms with Crippen molar-refractivity contribution in [2.45, 2.75) is 11.4 Å². The molecule has 0 saturated carbocycles. The maximum atomic E-state index is 13.4. The van der Waals surface area contributed by atoms with Gasteiger partial charge in [0.25, 0.3) is 11.8 Å². The number of carbonyl (C=O) groups excluding carboxylic acids is 2. The zero-order valence-electron chi connectivity index (χ0n) is 17.6. The van der Waals surface area contributed by atoms with Crippen molar-refractivity contribution in [2.75, 3.05) is 25.2 Å². The molecule has 2 amide bonds. The van der Waals surface area contributed by atoms with Crippen molar-refractivity contribution in [3.8, 4) is 5.75 Å². The molecule has 34 heavy (non-hydrogen) atoms. The SMILES string of the molecule is CO/N=C(\C(=O)N[C@@H]1C(=O)N2C(C(=O)O)=C(COc3cccc(F)c3)CS[C@H]12)c1csc(N)n1. The number of hydrogen-bond acceptors (Lipinski definition) is 10. The minimum Gasteiger partial charge on any atom is -0.489 e. The third kappa shape index (κ3) is 4.54. The summed E-state index contributed by atoms with van der Waals surface area (Å²) in [5.74, 6) is -2.64. The number of halogens is 1. The van der Waals surface area contributed by atoms with Crippen LogP contribution in [-0.4, -0.2) is 69.4 Å². The fourth-order valence-electron chi connectivity index (χ4n) is 3.42. The molecule has 1 saturated heterocycles. The highest BCUT2D eigenvalue weighted by Gasteiger charge is 2.54. The summed E-state index contributed by atoms with van der Waals surface area (Å²) in [7, 11) is 1.26. The molecule has 178 valence electrons. The van der Waals surface area contributed by atoms with Crippen LogP contribution in [0, 0.1) is 5.82 Å². The molecule has 14 heteroatoms. The molecule has 3 heterocycles. The van der Waals surface area contributed by atoms with E-state index in [-0.39, 0.29) is 40.3 Å². The number of rotatable bonds is 8. The molecule has 1 aromatic heterocycles. The number of thiazole rings is 1. The lowest BCUT2D eigenvalue weighted by atomic mass is 10.0. The number of carboxylic acids is 1. The molecule has 1 fully saturated rings. The minimum absolute atomic E-state index is 0.137. The first-order valence-corrected chi connectivity index (χ1v) is 11.6. The molecule has 1 aromatic carbocycles. The van der Waals surface area contributed by atoms with Crippen LogP contribution in [-0.2, 0) is 19.2 Å². The van der Waals surface area contributed by atoms with Crippen molar-refractivity contribution in [1.82, 2.24) is 15.2 Å². The highest BCUT2D eigenvalue weighted by atomic mass is 32.2. The molecule has 2 aliphatic heterocycles. The van der Waals surface area contributed by atoms with Gasteiger partial charge in [0.05, 0.1) is 0 Å². The van der Waals surface area contributed by atoms with E-state index in [1.807, 2.05) is 0 Å². The molecule has 0 unspecified atom stereocenters. The fraction of sp³-hybridized carbons (Fsp3) is 0.250. The van der Waals surface area contributed by atoms with E-state index in [9.17, 15) is 23.9 Å². The number of benzene rings is 1. The van der Waals surface area contributed by atoms with Gasteiger partial charge in [0, 0.05) is 22.8 Å².